The van der Waals surface area contributed by atoms with Crippen molar-refractivity contribution in [2.24, 2.45) is 0 Å². The first-order valence-electron chi connectivity index (χ1n) is 9.03. The lowest BCUT2D eigenvalue weighted by Gasteiger charge is -2.05. The van der Waals surface area contributed by atoms with Gasteiger partial charge in [0.05, 0.1) is 16.0 Å². The van der Waals surface area contributed by atoms with E-state index in [1.807, 2.05) is 0 Å². The predicted octanol–water partition coefficient (Wildman–Crippen LogP) is 4.81. The number of nitrogens with zero attached hydrogens (tertiary/aromatic N) is 2. The van der Waals surface area contributed by atoms with Crippen LogP contribution < -0.4 is 0 Å². The standard InChI is InChI=1S/C22H16N2O6/c1-12-7-8-14(24(28)29)11-16(12)18-9-10-19(30-18)21(25)23-13(2)20(22(26)27)15-5-3-4-6-17(15)23/h3-11H,1-2H3,(H,26,27). The first-order valence-corrected chi connectivity index (χ1v) is 9.03. The molecule has 0 aliphatic carbocycles. The molecule has 8 heteroatoms. The minimum absolute atomic E-state index is 0.00306. The third-order valence-corrected chi connectivity index (χ3v) is 5.04. The average Bonchev–Trinajstić information content (AvgIpc) is 3.30. The van der Waals surface area contributed by atoms with E-state index in [-0.39, 0.29) is 22.7 Å². The van der Waals surface area contributed by atoms with Crippen LogP contribution in [0.2, 0.25) is 0 Å². The second-order valence-corrected chi connectivity index (χ2v) is 6.84. The number of aromatic carboxylic acids is 1. The van der Waals surface area contributed by atoms with E-state index in [0.29, 0.717) is 22.2 Å². The molecule has 0 aliphatic heterocycles. The van der Waals surface area contributed by atoms with Gasteiger partial charge in [-0.2, -0.15) is 0 Å². The summed E-state index contributed by atoms with van der Waals surface area (Å²) in [5.74, 6) is -1.34. The van der Waals surface area contributed by atoms with Crippen LogP contribution in [0, 0.1) is 24.0 Å². The molecular weight excluding hydrogens is 388 g/mol. The molecule has 150 valence electrons. The largest absolute Gasteiger partial charge is 0.478 e. The number of carboxylic acids is 1. The predicted molar refractivity (Wildman–Crippen MR) is 109 cm³/mol. The Morgan fingerprint density at radius 3 is 2.50 bits per heavy atom. The molecule has 0 saturated heterocycles. The number of carboxylic acid groups (broad SMARTS) is 1. The highest BCUT2D eigenvalue weighted by Gasteiger charge is 2.25. The maximum Gasteiger partial charge on any atom is 0.338 e. The van der Waals surface area contributed by atoms with Gasteiger partial charge in [-0.05, 0) is 37.6 Å². The number of aromatic nitrogens is 1. The van der Waals surface area contributed by atoms with Gasteiger partial charge in [-0.3, -0.25) is 19.5 Å². The minimum atomic E-state index is -1.12. The van der Waals surface area contributed by atoms with Crippen LogP contribution in [0.4, 0.5) is 5.69 Å². The fourth-order valence-electron chi connectivity index (χ4n) is 3.60. The summed E-state index contributed by atoms with van der Waals surface area (Å²) in [7, 11) is 0. The molecule has 4 rings (SSSR count). The van der Waals surface area contributed by atoms with E-state index >= 15 is 0 Å². The number of rotatable bonds is 4. The number of para-hydroxylation sites is 1. The van der Waals surface area contributed by atoms with Gasteiger partial charge in [0, 0.05) is 28.8 Å². The van der Waals surface area contributed by atoms with E-state index in [4.69, 9.17) is 4.42 Å². The Balaban J connectivity index is 1.82. The van der Waals surface area contributed by atoms with Gasteiger partial charge < -0.3 is 9.52 Å². The van der Waals surface area contributed by atoms with Crippen molar-refractivity contribution in [1.29, 1.82) is 0 Å². The lowest BCUT2D eigenvalue weighted by Crippen LogP contribution is -2.13. The van der Waals surface area contributed by atoms with Gasteiger partial charge in [-0.15, -0.1) is 0 Å². The zero-order valence-electron chi connectivity index (χ0n) is 16.1. The lowest BCUT2D eigenvalue weighted by molar-refractivity contribution is -0.384. The minimum Gasteiger partial charge on any atom is -0.478 e. The van der Waals surface area contributed by atoms with Crippen molar-refractivity contribution in [2.45, 2.75) is 13.8 Å². The molecule has 2 aromatic carbocycles. The molecule has 0 fully saturated rings. The normalized spacial score (nSPS) is 11.0. The summed E-state index contributed by atoms with van der Waals surface area (Å²) < 4.78 is 7.04. The molecular formula is C22H16N2O6. The van der Waals surface area contributed by atoms with Crippen LogP contribution >= 0.6 is 0 Å². The van der Waals surface area contributed by atoms with Crippen molar-refractivity contribution < 1.29 is 24.0 Å². The van der Waals surface area contributed by atoms with E-state index in [1.54, 1.807) is 50.2 Å². The van der Waals surface area contributed by atoms with Crippen LogP contribution in [0.3, 0.4) is 0 Å². The molecule has 8 nitrogen and oxygen atoms in total. The van der Waals surface area contributed by atoms with Crippen molar-refractivity contribution >= 4 is 28.5 Å². The summed E-state index contributed by atoms with van der Waals surface area (Å²) in [4.78, 5) is 35.5. The topological polar surface area (TPSA) is 116 Å². The lowest BCUT2D eigenvalue weighted by atomic mass is 10.1. The number of hydrogen-bond acceptors (Lipinski definition) is 5. The van der Waals surface area contributed by atoms with E-state index in [2.05, 4.69) is 0 Å². The molecule has 30 heavy (non-hydrogen) atoms. The molecule has 0 aliphatic rings. The van der Waals surface area contributed by atoms with E-state index in [0.717, 1.165) is 5.56 Å². The van der Waals surface area contributed by atoms with Crippen molar-refractivity contribution in [3.8, 4) is 11.3 Å². The number of hydrogen-bond donors (Lipinski definition) is 1. The Kier molecular flexibility index (Phi) is 4.46. The first kappa shape index (κ1) is 19.1. The van der Waals surface area contributed by atoms with Gasteiger partial charge in [0.15, 0.2) is 5.76 Å². The van der Waals surface area contributed by atoms with Crippen molar-refractivity contribution in [1.82, 2.24) is 4.57 Å². The number of nitro groups is 1. The Hall–Kier alpha value is -4.20. The third kappa shape index (κ3) is 2.95. The molecule has 0 radical (unpaired) electrons. The maximum atomic E-state index is 13.2. The number of nitro benzene ring substituents is 1. The van der Waals surface area contributed by atoms with Crippen molar-refractivity contribution in [2.75, 3.05) is 0 Å². The number of benzene rings is 2. The Bertz CT molecular complexity index is 1350. The van der Waals surface area contributed by atoms with E-state index in [1.165, 1.54) is 22.8 Å². The number of aryl methyl sites for hydroxylation is 1. The number of carbonyl (C=O) groups is 2. The second-order valence-electron chi connectivity index (χ2n) is 6.84. The molecule has 0 saturated carbocycles. The van der Waals surface area contributed by atoms with Crippen molar-refractivity contribution in [3.63, 3.8) is 0 Å². The quantitative estimate of drug-likeness (QED) is 0.385. The van der Waals surface area contributed by atoms with E-state index in [9.17, 15) is 24.8 Å². The maximum absolute atomic E-state index is 13.2. The molecule has 0 bridgehead atoms. The molecule has 0 spiro atoms. The zero-order valence-corrected chi connectivity index (χ0v) is 16.1. The van der Waals surface area contributed by atoms with Crippen LogP contribution in [0.15, 0.2) is 59.0 Å². The molecule has 4 aromatic rings. The van der Waals surface area contributed by atoms with Crippen LogP contribution in [-0.4, -0.2) is 26.5 Å². The van der Waals surface area contributed by atoms with Gasteiger partial charge in [-0.1, -0.05) is 24.3 Å². The number of furan rings is 1. The summed E-state index contributed by atoms with van der Waals surface area (Å²) in [6, 6.07) is 14.2. The summed E-state index contributed by atoms with van der Waals surface area (Å²) in [5, 5.41) is 21.1. The van der Waals surface area contributed by atoms with Crippen molar-refractivity contribution in [3.05, 3.63) is 87.3 Å². The average molecular weight is 404 g/mol. The Morgan fingerprint density at radius 2 is 1.80 bits per heavy atom. The summed E-state index contributed by atoms with van der Waals surface area (Å²) >= 11 is 0. The van der Waals surface area contributed by atoms with Crippen LogP contribution in [0.1, 0.15) is 32.2 Å². The van der Waals surface area contributed by atoms with Gasteiger partial charge in [0.1, 0.15) is 5.76 Å². The monoisotopic (exact) mass is 404 g/mol. The molecule has 2 aromatic heterocycles. The van der Waals surface area contributed by atoms with Gasteiger partial charge >= 0.3 is 5.97 Å². The highest BCUT2D eigenvalue weighted by molar-refractivity contribution is 6.10. The summed E-state index contributed by atoms with van der Waals surface area (Å²) in [5.41, 5.74) is 1.98. The molecule has 0 atom stereocenters. The third-order valence-electron chi connectivity index (χ3n) is 5.04. The number of non-ortho nitro benzene ring substituents is 1. The second kappa shape index (κ2) is 7.00. The number of fused-ring (bicyclic) bond motifs is 1. The zero-order chi connectivity index (χ0) is 21.6. The highest BCUT2D eigenvalue weighted by atomic mass is 16.6. The van der Waals surface area contributed by atoms with E-state index < -0.39 is 16.8 Å². The SMILES string of the molecule is Cc1ccc([N+](=O)[O-])cc1-c1ccc(C(=O)n2c(C)c(C(=O)O)c3ccccc32)o1. The van der Waals surface area contributed by atoms with Crippen LogP contribution in [-0.2, 0) is 0 Å². The number of carbonyl (C=O) groups excluding carboxylic acids is 1. The van der Waals surface area contributed by atoms with Gasteiger partial charge in [0.2, 0.25) is 0 Å². The molecule has 0 unspecified atom stereocenters. The smallest absolute Gasteiger partial charge is 0.338 e. The van der Waals surface area contributed by atoms with Crippen LogP contribution in [0.5, 0.6) is 0 Å². The Morgan fingerprint density at radius 1 is 1.07 bits per heavy atom. The van der Waals surface area contributed by atoms with Gasteiger partial charge in [-0.25, -0.2) is 4.79 Å². The highest BCUT2D eigenvalue weighted by Crippen LogP contribution is 2.31. The first-order chi connectivity index (χ1) is 14.3. The summed E-state index contributed by atoms with van der Waals surface area (Å²) in [6.45, 7) is 3.35. The molecule has 2 heterocycles. The Labute approximate surface area is 170 Å². The van der Waals surface area contributed by atoms with Crippen LogP contribution in [0.25, 0.3) is 22.2 Å². The fourth-order valence-corrected chi connectivity index (χ4v) is 3.60. The summed E-state index contributed by atoms with van der Waals surface area (Å²) in [6.07, 6.45) is 0. The molecule has 0 amide bonds. The fraction of sp³-hybridized carbons (Fsp3) is 0.0909. The van der Waals surface area contributed by atoms with Gasteiger partial charge in [0.25, 0.3) is 11.6 Å². The molecule has 1 N–H and O–H groups in total.